The van der Waals surface area contributed by atoms with E-state index in [4.69, 9.17) is 5.11 Å². The Morgan fingerprint density at radius 1 is 1.33 bits per heavy atom. The molecule has 0 atom stereocenters. The number of benzene rings is 1. The van der Waals surface area contributed by atoms with E-state index in [1.165, 1.54) is 6.07 Å². The third-order valence-electron chi connectivity index (χ3n) is 2.35. The number of sulfonamides is 1. The predicted molar refractivity (Wildman–Crippen MR) is 72.2 cm³/mol. The first kappa shape index (κ1) is 13.1. The SMILES string of the molecule is Cc1cccc(NS(=O)(=O)c2cc(CO)cs2)c1. The molecule has 1 heterocycles. The van der Waals surface area contributed by atoms with Crippen LogP contribution >= 0.6 is 11.3 Å². The van der Waals surface area contributed by atoms with Gasteiger partial charge in [-0.15, -0.1) is 11.3 Å². The van der Waals surface area contributed by atoms with Gasteiger partial charge < -0.3 is 5.11 Å². The van der Waals surface area contributed by atoms with E-state index in [-0.39, 0.29) is 10.8 Å². The predicted octanol–water partition coefficient (Wildman–Crippen LogP) is 2.35. The number of anilines is 1. The smallest absolute Gasteiger partial charge is 0.271 e. The first-order chi connectivity index (χ1) is 8.51. The second-order valence-corrected chi connectivity index (χ2v) is 6.73. The van der Waals surface area contributed by atoms with Crippen molar-refractivity contribution in [2.24, 2.45) is 0 Å². The molecule has 0 aliphatic heterocycles. The minimum absolute atomic E-state index is 0.156. The zero-order valence-corrected chi connectivity index (χ0v) is 11.4. The summed E-state index contributed by atoms with van der Waals surface area (Å²) in [7, 11) is -3.56. The molecule has 18 heavy (non-hydrogen) atoms. The van der Waals surface area contributed by atoms with Crippen molar-refractivity contribution >= 4 is 27.0 Å². The number of hydrogen-bond donors (Lipinski definition) is 2. The lowest BCUT2D eigenvalue weighted by Gasteiger charge is -2.06. The zero-order valence-electron chi connectivity index (χ0n) is 9.75. The minimum atomic E-state index is -3.56. The summed E-state index contributed by atoms with van der Waals surface area (Å²) in [5, 5.41) is 10.6. The molecule has 0 aliphatic carbocycles. The average Bonchev–Trinajstić information content (AvgIpc) is 2.77. The second-order valence-electron chi connectivity index (χ2n) is 3.91. The van der Waals surface area contributed by atoms with Crippen LogP contribution in [0.2, 0.25) is 0 Å². The van der Waals surface area contributed by atoms with Crippen molar-refractivity contribution in [1.29, 1.82) is 0 Å². The molecule has 2 aromatic rings. The highest BCUT2D eigenvalue weighted by atomic mass is 32.2. The van der Waals surface area contributed by atoms with E-state index in [9.17, 15) is 8.42 Å². The van der Waals surface area contributed by atoms with E-state index in [0.717, 1.165) is 16.9 Å². The summed E-state index contributed by atoms with van der Waals surface area (Å²) < 4.78 is 26.8. The summed E-state index contributed by atoms with van der Waals surface area (Å²) >= 11 is 1.09. The summed E-state index contributed by atoms with van der Waals surface area (Å²) in [4.78, 5) is 0. The van der Waals surface area contributed by atoms with E-state index in [0.29, 0.717) is 11.3 Å². The summed E-state index contributed by atoms with van der Waals surface area (Å²) in [6, 6.07) is 8.62. The Balaban J connectivity index is 2.27. The van der Waals surface area contributed by atoms with Gasteiger partial charge >= 0.3 is 0 Å². The molecule has 0 radical (unpaired) electrons. The molecule has 2 rings (SSSR count). The van der Waals surface area contributed by atoms with E-state index < -0.39 is 10.0 Å². The Labute approximate surface area is 110 Å². The highest BCUT2D eigenvalue weighted by molar-refractivity contribution is 7.94. The van der Waals surface area contributed by atoms with Crippen molar-refractivity contribution in [2.75, 3.05) is 4.72 Å². The number of aryl methyl sites for hydroxylation is 1. The summed E-state index contributed by atoms with van der Waals surface area (Å²) in [5.41, 5.74) is 2.12. The van der Waals surface area contributed by atoms with Crippen LogP contribution in [0.3, 0.4) is 0 Å². The van der Waals surface area contributed by atoms with E-state index in [1.807, 2.05) is 13.0 Å². The zero-order chi connectivity index (χ0) is 13.2. The highest BCUT2D eigenvalue weighted by Gasteiger charge is 2.16. The molecule has 0 saturated heterocycles. The van der Waals surface area contributed by atoms with Gasteiger partial charge in [-0.1, -0.05) is 12.1 Å². The van der Waals surface area contributed by atoms with Crippen LogP contribution in [0, 0.1) is 6.92 Å². The molecule has 0 bridgehead atoms. The van der Waals surface area contributed by atoms with Crippen LogP contribution in [-0.2, 0) is 16.6 Å². The standard InChI is InChI=1S/C12H13NO3S2/c1-9-3-2-4-11(5-9)13-18(15,16)12-6-10(7-14)8-17-12/h2-6,8,13-14H,7H2,1H3. The van der Waals surface area contributed by atoms with E-state index >= 15 is 0 Å². The lowest BCUT2D eigenvalue weighted by atomic mass is 10.2. The Hall–Kier alpha value is -1.37. The third-order valence-corrected chi connectivity index (χ3v) is 5.22. The molecule has 2 N–H and O–H groups in total. The van der Waals surface area contributed by atoms with Gasteiger partial charge in [-0.05, 0) is 41.6 Å². The second kappa shape index (κ2) is 5.09. The van der Waals surface area contributed by atoms with Gasteiger partial charge in [-0.25, -0.2) is 8.42 Å². The van der Waals surface area contributed by atoms with Crippen molar-refractivity contribution in [3.05, 3.63) is 46.8 Å². The van der Waals surface area contributed by atoms with Gasteiger partial charge in [0.05, 0.1) is 6.61 Å². The van der Waals surface area contributed by atoms with Crippen molar-refractivity contribution in [2.45, 2.75) is 17.7 Å². The van der Waals surface area contributed by atoms with Crippen LogP contribution in [-0.4, -0.2) is 13.5 Å². The fourth-order valence-electron chi connectivity index (χ4n) is 1.49. The van der Waals surface area contributed by atoms with Gasteiger partial charge in [0.2, 0.25) is 0 Å². The Morgan fingerprint density at radius 2 is 2.11 bits per heavy atom. The summed E-state index contributed by atoms with van der Waals surface area (Å²) in [5.74, 6) is 0. The van der Waals surface area contributed by atoms with Crippen molar-refractivity contribution in [3.63, 3.8) is 0 Å². The minimum Gasteiger partial charge on any atom is -0.392 e. The van der Waals surface area contributed by atoms with Crippen LogP contribution in [0.5, 0.6) is 0 Å². The normalized spacial score (nSPS) is 11.4. The molecule has 1 aromatic carbocycles. The molecule has 0 fully saturated rings. The quantitative estimate of drug-likeness (QED) is 0.905. The third kappa shape index (κ3) is 2.90. The Kier molecular flexibility index (Phi) is 3.70. The molecule has 0 saturated carbocycles. The summed E-state index contributed by atoms with van der Waals surface area (Å²) in [6.45, 7) is 1.74. The van der Waals surface area contributed by atoms with Gasteiger partial charge in [0, 0.05) is 5.69 Å². The van der Waals surface area contributed by atoms with Gasteiger partial charge in [-0.3, -0.25) is 4.72 Å². The maximum Gasteiger partial charge on any atom is 0.271 e. The lowest BCUT2D eigenvalue weighted by molar-refractivity contribution is 0.282. The molecular weight excluding hydrogens is 270 g/mol. The molecule has 0 unspecified atom stereocenters. The Morgan fingerprint density at radius 3 is 2.72 bits per heavy atom. The molecule has 4 nitrogen and oxygen atoms in total. The van der Waals surface area contributed by atoms with Crippen molar-refractivity contribution < 1.29 is 13.5 Å². The fraction of sp³-hybridized carbons (Fsp3) is 0.167. The molecular formula is C12H13NO3S2. The molecule has 0 amide bonds. The average molecular weight is 283 g/mol. The largest absolute Gasteiger partial charge is 0.392 e. The number of rotatable bonds is 4. The lowest BCUT2D eigenvalue weighted by Crippen LogP contribution is -2.11. The van der Waals surface area contributed by atoms with E-state index in [1.54, 1.807) is 23.6 Å². The number of aliphatic hydroxyl groups is 1. The molecule has 6 heteroatoms. The van der Waals surface area contributed by atoms with Crippen LogP contribution in [0.4, 0.5) is 5.69 Å². The van der Waals surface area contributed by atoms with Crippen molar-refractivity contribution in [3.8, 4) is 0 Å². The number of hydrogen-bond acceptors (Lipinski definition) is 4. The molecule has 0 spiro atoms. The maximum absolute atomic E-state index is 12.1. The first-order valence-electron chi connectivity index (χ1n) is 5.29. The number of aliphatic hydroxyl groups excluding tert-OH is 1. The van der Waals surface area contributed by atoms with Gasteiger partial charge in [-0.2, -0.15) is 0 Å². The topological polar surface area (TPSA) is 66.4 Å². The fourth-order valence-corrected chi connectivity index (χ4v) is 3.74. The van der Waals surface area contributed by atoms with Gasteiger partial charge in [0.15, 0.2) is 0 Å². The number of thiophene rings is 1. The van der Waals surface area contributed by atoms with Crippen LogP contribution < -0.4 is 4.72 Å². The van der Waals surface area contributed by atoms with Gasteiger partial charge in [0.25, 0.3) is 10.0 Å². The molecule has 0 aliphatic rings. The molecule has 96 valence electrons. The van der Waals surface area contributed by atoms with Crippen LogP contribution in [0.15, 0.2) is 39.9 Å². The van der Waals surface area contributed by atoms with Crippen LogP contribution in [0.25, 0.3) is 0 Å². The monoisotopic (exact) mass is 283 g/mol. The van der Waals surface area contributed by atoms with Gasteiger partial charge in [0.1, 0.15) is 4.21 Å². The maximum atomic E-state index is 12.1. The Bertz CT molecular complexity index is 647. The van der Waals surface area contributed by atoms with E-state index in [2.05, 4.69) is 4.72 Å². The molecule has 1 aromatic heterocycles. The van der Waals surface area contributed by atoms with Crippen molar-refractivity contribution in [1.82, 2.24) is 0 Å². The summed E-state index contributed by atoms with van der Waals surface area (Å²) in [6.07, 6.45) is 0. The first-order valence-corrected chi connectivity index (χ1v) is 7.65. The van der Waals surface area contributed by atoms with Crippen LogP contribution in [0.1, 0.15) is 11.1 Å². The number of nitrogens with one attached hydrogen (secondary N) is 1. The highest BCUT2D eigenvalue weighted by Crippen LogP contribution is 2.23.